The van der Waals surface area contributed by atoms with Gasteiger partial charge in [-0.1, -0.05) is 278 Å². The zero-order valence-electron chi connectivity index (χ0n) is 53.9. The Labute approximate surface area is 585 Å². The maximum Gasteiger partial charge on any atom is 0.280 e. The normalized spacial score (nSPS) is 12.7. The summed E-state index contributed by atoms with van der Waals surface area (Å²) in [5.74, 6) is 1.79. The van der Waals surface area contributed by atoms with Gasteiger partial charge in [-0.25, -0.2) is 4.98 Å². The summed E-state index contributed by atoms with van der Waals surface area (Å²) >= 11 is 3.78. The van der Waals surface area contributed by atoms with Crippen molar-refractivity contribution in [3.63, 3.8) is 0 Å². The Bertz CT molecular complexity index is 6410. The van der Waals surface area contributed by atoms with Crippen LogP contribution in [0.3, 0.4) is 0 Å². The number of fused-ring (bicyclic) bond motifs is 18. The molecule has 0 unspecified atom stereocenters. The van der Waals surface area contributed by atoms with Crippen LogP contribution in [0.4, 0.5) is 34.4 Å². The van der Waals surface area contributed by atoms with Gasteiger partial charge in [0, 0.05) is 79.9 Å². The van der Waals surface area contributed by atoms with Gasteiger partial charge in [0.25, 0.3) is 13.4 Å². The van der Waals surface area contributed by atoms with Gasteiger partial charge in [-0.3, -0.25) is 4.90 Å². The molecule has 0 fully saturated rings. The first-order chi connectivity index (χ1) is 49.6. The van der Waals surface area contributed by atoms with E-state index in [1.807, 2.05) is 59.1 Å². The first-order valence-electron chi connectivity index (χ1n) is 34.1. The van der Waals surface area contributed by atoms with Gasteiger partial charge in [0.1, 0.15) is 0 Å². The molecule has 19 aromatic rings. The number of hydrogen-bond acceptors (Lipinski definition) is 7. The summed E-state index contributed by atoms with van der Waals surface area (Å²) in [6.45, 7) is -0.204. The zero-order chi connectivity index (χ0) is 65.5. The topological polar surface area (TPSA) is 55.0 Å². The molecule has 0 aliphatic carbocycles. The molecule has 100 heavy (non-hydrogen) atoms. The maximum absolute atomic E-state index is 5.50. The van der Waals surface area contributed by atoms with E-state index < -0.39 is 0 Å². The fourth-order valence-electron chi connectivity index (χ4n) is 16.4. The number of hydrogen-bond donors (Lipinski definition) is 0. The summed E-state index contributed by atoms with van der Waals surface area (Å²) in [5, 5.41) is 12.1. The molecule has 21 rings (SSSR count). The Morgan fingerprint density at radius 3 is 1.17 bits per heavy atom. The number of para-hydroxylation sites is 4. The van der Waals surface area contributed by atoms with Crippen LogP contribution < -0.4 is 41.5 Å². The molecule has 464 valence electrons. The number of rotatable bonds is 9. The van der Waals surface area contributed by atoms with Crippen LogP contribution in [0.2, 0.25) is 0 Å². The van der Waals surface area contributed by atoms with Gasteiger partial charge in [-0.2, -0.15) is 9.97 Å². The number of benzene rings is 14. The number of anilines is 6. The molecule has 0 radical (unpaired) electrons. The second-order valence-corrected chi connectivity index (χ2v) is 28.3. The minimum atomic E-state index is -0.185. The molecular formula is C89H55B2N7S2. The van der Waals surface area contributed by atoms with Gasteiger partial charge >= 0.3 is 0 Å². The molecule has 0 spiro atoms. The number of thiophene rings is 2. The second kappa shape index (κ2) is 22.6. The summed E-state index contributed by atoms with van der Waals surface area (Å²) in [6.07, 6.45) is 0. The minimum absolute atomic E-state index is 0.0195. The molecule has 7 nitrogen and oxygen atoms in total. The highest BCUT2D eigenvalue weighted by Crippen LogP contribution is 2.50. The van der Waals surface area contributed by atoms with Crippen molar-refractivity contribution in [2.45, 2.75) is 0 Å². The Morgan fingerprint density at radius 1 is 0.250 bits per heavy atom. The van der Waals surface area contributed by atoms with E-state index in [2.05, 4.69) is 316 Å². The van der Waals surface area contributed by atoms with Gasteiger partial charge < -0.3 is 14.0 Å². The highest BCUT2D eigenvalue weighted by Gasteiger charge is 2.46. The third-order valence-electron chi connectivity index (χ3n) is 20.6. The van der Waals surface area contributed by atoms with Crippen molar-refractivity contribution in [1.29, 1.82) is 0 Å². The van der Waals surface area contributed by atoms with Crippen molar-refractivity contribution < 1.29 is 0 Å². The molecule has 0 bridgehead atoms. The molecule has 11 heteroatoms. The fourth-order valence-corrected chi connectivity index (χ4v) is 19.0. The second-order valence-electron chi connectivity index (χ2n) is 26.1. The maximum atomic E-state index is 5.50. The molecule has 0 saturated carbocycles. The van der Waals surface area contributed by atoms with Crippen LogP contribution in [-0.4, -0.2) is 37.5 Å². The minimum Gasteiger partial charge on any atom is -0.319 e. The van der Waals surface area contributed by atoms with Crippen molar-refractivity contribution in [2.24, 2.45) is 0 Å². The molecule has 2 aliphatic rings. The lowest BCUT2D eigenvalue weighted by molar-refractivity contribution is 1.03. The number of aromatic nitrogens is 5. The van der Waals surface area contributed by atoms with Crippen LogP contribution in [0.5, 0.6) is 0 Å². The van der Waals surface area contributed by atoms with Crippen LogP contribution in [0.25, 0.3) is 120 Å². The van der Waals surface area contributed by atoms with Crippen molar-refractivity contribution in [3.05, 3.63) is 334 Å². The summed E-state index contributed by atoms with van der Waals surface area (Å²) in [7, 11) is 0. The molecule has 5 aromatic heterocycles. The molecule has 7 heterocycles. The smallest absolute Gasteiger partial charge is 0.280 e. The molecule has 0 atom stereocenters. The van der Waals surface area contributed by atoms with E-state index in [0.717, 1.165) is 72.6 Å². The van der Waals surface area contributed by atoms with Gasteiger partial charge in [0.2, 0.25) is 5.95 Å². The van der Waals surface area contributed by atoms with Crippen LogP contribution in [-0.2, 0) is 0 Å². The molecule has 0 N–H and O–H groups in total. The van der Waals surface area contributed by atoms with Crippen LogP contribution in [0.1, 0.15) is 0 Å². The van der Waals surface area contributed by atoms with E-state index in [9.17, 15) is 0 Å². The van der Waals surface area contributed by atoms with E-state index in [1.165, 1.54) is 95.5 Å². The third kappa shape index (κ3) is 8.62. The Morgan fingerprint density at radius 2 is 0.640 bits per heavy atom. The lowest BCUT2D eigenvalue weighted by Gasteiger charge is -2.35. The van der Waals surface area contributed by atoms with E-state index >= 15 is 0 Å². The van der Waals surface area contributed by atoms with Crippen molar-refractivity contribution in [1.82, 2.24) is 24.1 Å². The number of nitrogens with zero attached hydrogens (tertiary/aromatic N) is 7. The van der Waals surface area contributed by atoms with Gasteiger partial charge in [-0.05, 0) is 110 Å². The highest BCUT2D eigenvalue weighted by atomic mass is 32.1. The SMILES string of the molecule is c1ccc(B2c3sc4ccccc4c3N(c3ccc4c5ccc(-c6ccc(B7c8sc9ccccc9c8N(c8nc(-c9ccccc9)nc(-c9ccccc9)n8)c8c7n(-c7ccccc7)c7ccccc87)cc6)cc5c5ccccc5c4c3)c3c2n(-c2ccccc2)c2ccccc32)cc1. The van der Waals surface area contributed by atoms with Crippen LogP contribution in [0, 0.1) is 0 Å². The lowest BCUT2D eigenvalue weighted by atomic mass is 9.39. The Hall–Kier alpha value is -12.4. The van der Waals surface area contributed by atoms with Crippen molar-refractivity contribution in [3.8, 4) is 45.3 Å². The monoisotopic (exact) mass is 1310 g/mol. The van der Waals surface area contributed by atoms with E-state index in [1.54, 1.807) is 0 Å². The quantitative estimate of drug-likeness (QED) is 0.106. The van der Waals surface area contributed by atoms with E-state index in [0.29, 0.717) is 17.6 Å². The summed E-state index contributed by atoms with van der Waals surface area (Å²) in [5.41, 5.74) is 19.3. The highest BCUT2D eigenvalue weighted by molar-refractivity contribution is 7.34. The molecule has 0 saturated heterocycles. The first kappa shape index (κ1) is 56.7. The van der Waals surface area contributed by atoms with Crippen LogP contribution >= 0.6 is 22.7 Å². The average molecular weight is 1310 g/mol. The van der Waals surface area contributed by atoms with E-state index in [-0.39, 0.29) is 13.4 Å². The van der Waals surface area contributed by atoms with Crippen LogP contribution in [0.15, 0.2) is 334 Å². The van der Waals surface area contributed by atoms with Gasteiger partial charge in [0.15, 0.2) is 11.6 Å². The predicted octanol–water partition coefficient (Wildman–Crippen LogP) is 19.2. The first-order valence-corrected chi connectivity index (χ1v) is 35.7. The van der Waals surface area contributed by atoms with Crippen molar-refractivity contribution >= 4 is 176 Å². The lowest BCUT2D eigenvalue weighted by Crippen LogP contribution is -2.58. The van der Waals surface area contributed by atoms with Gasteiger partial charge in [0.05, 0.1) is 33.8 Å². The summed E-state index contributed by atoms with van der Waals surface area (Å²) in [6, 6.07) is 122. The average Bonchev–Trinajstić information content (AvgIpc) is 1.53. The Kier molecular flexibility index (Phi) is 12.8. The molecular weight excluding hydrogens is 1250 g/mol. The van der Waals surface area contributed by atoms with Gasteiger partial charge in [-0.15, -0.1) is 22.7 Å². The zero-order valence-corrected chi connectivity index (χ0v) is 55.5. The van der Waals surface area contributed by atoms with E-state index in [4.69, 9.17) is 15.0 Å². The molecule has 14 aromatic carbocycles. The Balaban J connectivity index is 0.729. The third-order valence-corrected chi connectivity index (χ3v) is 23.1. The fraction of sp³-hybridized carbons (Fsp3) is 0. The summed E-state index contributed by atoms with van der Waals surface area (Å²) < 4.78 is 10.1. The molecule has 2 aliphatic heterocycles. The molecule has 0 amide bonds. The standard InChI is InChI=1S/C89H55B2N7S2/c1-6-26-57(27-7-1)87-92-88(58-28-8-2-9-29-58)94-89(93-87)98-80-70-39-19-23-43-76(70)96(63-34-14-5-15-35-63)84(80)91(86-82(98)72-41-21-25-45-78(72)100-86)61-49-46-56(47-50-61)59-48-52-67-68-53-51-64(55-74(68)66-37-17-16-36-65(66)73(67)54-59)97-79-69-38-18-22-42-75(69)95(62-32-12-4-13-33-62)83(79)90(60-30-10-3-11-31-60)85-81(97)71-40-20-24-44-77(71)99-85/h1-55H. The summed E-state index contributed by atoms with van der Waals surface area (Å²) in [4.78, 5) is 21.2. The van der Waals surface area contributed by atoms with Crippen molar-refractivity contribution in [2.75, 3.05) is 9.80 Å². The predicted molar refractivity (Wildman–Crippen MR) is 425 cm³/mol. The largest absolute Gasteiger partial charge is 0.319 e.